The van der Waals surface area contributed by atoms with Gasteiger partial charge in [-0.05, 0) is 51.4 Å². The Bertz CT molecular complexity index is 1160. The van der Waals surface area contributed by atoms with Crippen molar-refractivity contribution in [1.29, 1.82) is 10.5 Å². The summed E-state index contributed by atoms with van der Waals surface area (Å²) in [6.45, 7) is 15.7. The summed E-state index contributed by atoms with van der Waals surface area (Å²) < 4.78 is 40.5. The maximum absolute atomic E-state index is 11.6. The summed E-state index contributed by atoms with van der Waals surface area (Å²) in [6, 6.07) is 1.34. The monoisotopic (exact) mass is 751 g/mol. The molecular formula is C31H57N7O10S2. The first-order chi connectivity index (χ1) is 23.8. The van der Waals surface area contributed by atoms with Crippen LogP contribution < -0.4 is 0 Å². The molecular weight excluding hydrogens is 695 g/mol. The van der Waals surface area contributed by atoms with Crippen LogP contribution in [0.5, 0.6) is 0 Å². The summed E-state index contributed by atoms with van der Waals surface area (Å²) in [6.07, 6.45) is 15.0. The third kappa shape index (κ3) is 14.6. The van der Waals surface area contributed by atoms with E-state index in [9.17, 15) is 27.8 Å². The molecule has 0 aliphatic carbocycles. The summed E-state index contributed by atoms with van der Waals surface area (Å²) in [5, 5.41) is 38.4. The number of piperidine rings is 2. The molecule has 0 unspecified atom stereocenters. The zero-order chi connectivity index (χ0) is 37.7. The Balaban J connectivity index is 0.000000354. The minimum absolute atomic E-state index is 0.0953. The van der Waals surface area contributed by atoms with Gasteiger partial charge in [0.2, 0.25) is 10.4 Å². The lowest BCUT2D eigenvalue weighted by molar-refractivity contribution is -0.929. The summed E-state index contributed by atoms with van der Waals surface area (Å²) >= 11 is 0.929. The van der Waals surface area contributed by atoms with E-state index in [1.165, 1.54) is 91.8 Å². The molecule has 4 saturated heterocycles. The molecule has 0 aromatic rings. The van der Waals surface area contributed by atoms with Crippen LogP contribution in [-0.2, 0) is 24.1 Å². The summed E-state index contributed by atoms with van der Waals surface area (Å²) in [7, 11) is -4.96. The number of carbonyl (C=O) groups excluding carboxylic acids is 2. The van der Waals surface area contributed by atoms with E-state index in [4.69, 9.17) is 15.8 Å². The normalized spacial score (nSPS) is 22.4. The third-order valence-corrected chi connectivity index (χ3v) is 9.72. The van der Waals surface area contributed by atoms with Crippen LogP contribution in [0.25, 0.3) is 0 Å². The van der Waals surface area contributed by atoms with E-state index in [0.717, 1.165) is 23.5 Å². The summed E-state index contributed by atoms with van der Waals surface area (Å²) in [5.41, 5.74) is 0. The van der Waals surface area contributed by atoms with Crippen LogP contribution in [0.3, 0.4) is 0 Å². The number of fused-ring (bicyclic) bond motifs is 4. The molecule has 4 bridgehead atoms. The van der Waals surface area contributed by atoms with Gasteiger partial charge in [0.15, 0.2) is 0 Å². The Hall–Kier alpha value is -2.46. The van der Waals surface area contributed by atoms with E-state index in [1.807, 2.05) is 12.1 Å². The number of nitriles is 2. The highest BCUT2D eigenvalue weighted by Crippen LogP contribution is 2.30. The topological polar surface area (TPSA) is 220 Å². The largest absolute Gasteiger partial charge is 0.724 e. The van der Waals surface area contributed by atoms with Gasteiger partial charge in [-0.15, -0.1) is 4.33 Å². The van der Waals surface area contributed by atoms with Crippen LogP contribution in [-0.4, -0.2) is 130 Å². The molecule has 4 heterocycles. The highest BCUT2D eigenvalue weighted by atomic mass is 32.3. The predicted molar refractivity (Wildman–Crippen MR) is 183 cm³/mol. The number of unbranched alkanes of at least 4 members (excludes halogenated alkanes) is 4. The van der Waals surface area contributed by atoms with Gasteiger partial charge in [0.1, 0.15) is 12.1 Å². The molecule has 19 heteroatoms. The van der Waals surface area contributed by atoms with Gasteiger partial charge in [0.25, 0.3) is 0 Å². The van der Waals surface area contributed by atoms with Gasteiger partial charge in [-0.1, -0.05) is 58.4 Å². The second-order valence-electron chi connectivity index (χ2n) is 12.7. The van der Waals surface area contributed by atoms with Crippen LogP contribution in [0.1, 0.15) is 105 Å². The van der Waals surface area contributed by atoms with Gasteiger partial charge in [0, 0.05) is 31.4 Å². The molecule has 0 radical (unpaired) electrons. The first kappa shape index (κ1) is 45.6. The number of rotatable bonds is 16. The van der Waals surface area contributed by atoms with Crippen molar-refractivity contribution >= 4 is 34.5 Å². The van der Waals surface area contributed by atoms with E-state index in [2.05, 4.69) is 41.4 Å². The quantitative estimate of drug-likeness (QED) is 0.0403. The molecule has 0 saturated carbocycles. The lowest BCUT2D eigenvalue weighted by Gasteiger charge is -2.39. The molecule has 0 aromatic carbocycles. The number of carbonyl (C=O) groups is 2. The molecule has 0 spiro atoms. The summed E-state index contributed by atoms with van der Waals surface area (Å²) in [4.78, 5) is 25.4. The molecule has 17 nitrogen and oxygen atoms in total. The predicted octanol–water partition coefficient (Wildman–Crippen LogP) is 5.03. The molecule has 4 fully saturated rings. The lowest BCUT2D eigenvalue weighted by Crippen LogP contribution is -2.50. The Morgan fingerprint density at radius 1 is 0.820 bits per heavy atom. The van der Waals surface area contributed by atoms with E-state index in [-0.39, 0.29) is 18.6 Å². The zero-order valence-electron chi connectivity index (χ0n) is 30.1. The van der Waals surface area contributed by atoms with Crippen molar-refractivity contribution in [2.24, 2.45) is 0 Å². The van der Waals surface area contributed by atoms with Gasteiger partial charge in [-0.3, -0.25) is 5.21 Å². The van der Waals surface area contributed by atoms with Gasteiger partial charge in [-0.2, -0.15) is 19.9 Å². The minimum atomic E-state index is -4.96. The molecule has 50 heavy (non-hydrogen) atoms. The van der Waals surface area contributed by atoms with Crippen molar-refractivity contribution in [3.63, 3.8) is 0 Å². The fraction of sp³-hybridized carbons (Fsp3) is 0.871. The van der Waals surface area contributed by atoms with Crippen molar-refractivity contribution in [2.75, 3.05) is 45.5 Å². The number of amides is 4. The van der Waals surface area contributed by atoms with E-state index >= 15 is 0 Å². The maximum atomic E-state index is 11.6. The van der Waals surface area contributed by atoms with E-state index in [1.54, 1.807) is 6.26 Å². The molecule has 4 aliphatic heterocycles. The molecule has 4 amide bonds. The number of hydroxylamine groups is 4. The minimum Gasteiger partial charge on any atom is -0.724 e. The molecule has 4 atom stereocenters. The number of nitrogens with zero attached hydrogens (tertiary/aromatic N) is 7. The van der Waals surface area contributed by atoms with Crippen molar-refractivity contribution in [1.82, 2.24) is 19.9 Å². The van der Waals surface area contributed by atoms with Gasteiger partial charge < -0.3 is 18.8 Å². The summed E-state index contributed by atoms with van der Waals surface area (Å²) in [5.74, 6) is 0. The molecule has 0 aromatic heterocycles. The van der Waals surface area contributed by atoms with Gasteiger partial charge in [0.05, 0.1) is 50.4 Å². The zero-order valence-corrected chi connectivity index (χ0v) is 31.8. The van der Waals surface area contributed by atoms with Crippen molar-refractivity contribution in [3.8, 4) is 12.1 Å². The highest BCUT2D eigenvalue weighted by molar-refractivity contribution is 7.93. The number of quaternary nitrogens is 1. The average Bonchev–Trinajstić information content (AvgIpc) is 3.48. The Morgan fingerprint density at radius 3 is 1.60 bits per heavy atom. The van der Waals surface area contributed by atoms with Crippen LogP contribution in [0.2, 0.25) is 0 Å². The number of urea groups is 2. The average molecular weight is 752 g/mol. The van der Waals surface area contributed by atoms with Crippen LogP contribution in [0, 0.1) is 22.7 Å². The molecule has 4 rings (SSSR count). The Kier molecular flexibility index (Phi) is 21.8. The Morgan fingerprint density at radius 2 is 1.24 bits per heavy atom. The van der Waals surface area contributed by atoms with Crippen LogP contribution in [0.15, 0.2) is 0 Å². The second-order valence-corrected chi connectivity index (χ2v) is 14.2. The van der Waals surface area contributed by atoms with E-state index in [0.29, 0.717) is 30.9 Å². The van der Waals surface area contributed by atoms with E-state index < -0.39 is 34.5 Å². The molecule has 4 aliphatic rings. The second kappa shape index (κ2) is 23.9. The fourth-order valence-electron chi connectivity index (χ4n) is 6.42. The number of hydrogen-bond donors (Lipinski definition) is 2. The molecule has 2 N–H and O–H groups in total. The third-order valence-electron chi connectivity index (χ3n) is 9.18. The fourth-order valence-corrected chi connectivity index (χ4v) is 6.87. The smallest absolute Gasteiger partial charge is 0.346 e. The van der Waals surface area contributed by atoms with Crippen molar-refractivity contribution < 1.29 is 51.2 Å². The highest BCUT2D eigenvalue weighted by Gasteiger charge is 2.47. The SMILES string of the molecule is CCCC[N+](CCCC)(CCCC)CCCC.CSOOO.N#C[C@@H]1CC[C@H]2CN1C(=O)N2O.N#C[C@@H]1CC[C@H]2CN1C(=O)N2OS(=O)(=O)[O-]. The lowest BCUT2D eigenvalue weighted by atomic mass is 10.0. The van der Waals surface area contributed by atoms with Crippen molar-refractivity contribution in [3.05, 3.63) is 0 Å². The first-order valence-corrected chi connectivity index (χ1v) is 20.0. The first-order valence-electron chi connectivity index (χ1n) is 17.5. The maximum Gasteiger partial charge on any atom is 0.346 e. The van der Waals surface area contributed by atoms with Crippen LogP contribution >= 0.6 is 12.0 Å². The van der Waals surface area contributed by atoms with Crippen LogP contribution in [0.4, 0.5) is 9.59 Å². The standard InChI is InChI=1S/C16H36N.C7H9N3O5S.C7H9N3O2.CH4O3S/c1-5-9-13-17(14-10-6-2,15-11-7-3)16-12-8-4;8-3-5-1-2-6-4-9(5)7(11)10(6)15-16(12,13)14;8-3-5-1-2-6-4-9(5)7(11)10(6)12;1-5-4-3-2/h5-16H2,1-4H3;5-6H,1-2,4H2,(H,12,13,14);5-6,12H,1-2,4H2;2H,1H3/q+1;;;/p-1/t;2*5-,6-;/m.00./s1. The van der Waals surface area contributed by atoms with Gasteiger partial charge >= 0.3 is 12.1 Å². The molecule has 288 valence electrons. The van der Waals surface area contributed by atoms with Crippen molar-refractivity contribution in [2.45, 2.75) is 129 Å². The van der Waals surface area contributed by atoms with Gasteiger partial charge in [-0.25, -0.2) is 28.3 Å². The number of hydrogen-bond acceptors (Lipinski definition) is 13. The Labute approximate surface area is 302 Å².